The zero-order valence-electron chi connectivity index (χ0n) is 35.8. The number of allylic oxidation sites excluding steroid dienone is 1. The number of carbonyl (C=O) groups is 2. The Balaban J connectivity index is 0.933. The van der Waals surface area contributed by atoms with Crippen molar-refractivity contribution < 1.29 is 23.8 Å². The summed E-state index contributed by atoms with van der Waals surface area (Å²) in [5, 5.41) is 7.85. The number of hydrogen-bond donors (Lipinski definition) is 4. The molecular formula is C46H83N5O5. The number of ether oxygens (including phenoxy) is 3. The minimum absolute atomic E-state index is 0.0774. The van der Waals surface area contributed by atoms with E-state index in [0.29, 0.717) is 31.5 Å². The summed E-state index contributed by atoms with van der Waals surface area (Å²) in [6.07, 6.45) is 35.0. The molecule has 0 radical (unpaired) electrons. The van der Waals surface area contributed by atoms with Gasteiger partial charge in [-0.3, -0.25) is 25.1 Å². The quantitative estimate of drug-likeness (QED) is 0.0383. The molecule has 5 aliphatic rings. The maximum absolute atomic E-state index is 14.1. The van der Waals surface area contributed by atoms with Gasteiger partial charge in [-0.2, -0.15) is 0 Å². The third-order valence-corrected chi connectivity index (χ3v) is 13.8. The van der Waals surface area contributed by atoms with Crippen LogP contribution in [0.25, 0.3) is 0 Å². The van der Waals surface area contributed by atoms with Crippen LogP contribution in [0.3, 0.4) is 0 Å². The lowest BCUT2D eigenvalue weighted by Crippen LogP contribution is -2.81. The van der Waals surface area contributed by atoms with Gasteiger partial charge in [0, 0.05) is 30.8 Å². The van der Waals surface area contributed by atoms with Crippen LogP contribution in [-0.4, -0.2) is 78.4 Å². The summed E-state index contributed by atoms with van der Waals surface area (Å²) in [6, 6.07) is 0.482. The van der Waals surface area contributed by atoms with Crippen LogP contribution in [0.5, 0.6) is 0 Å². The van der Waals surface area contributed by atoms with E-state index in [9.17, 15) is 9.59 Å². The predicted octanol–water partition coefficient (Wildman–Crippen LogP) is 8.50. The first-order valence-electron chi connectivity index (χ1n) is 23.8. The molecule has 0 aromatic rings. The first-order valence-corrected chi connectivity index (χ1v) is 23.8. The SMILES string of the molecule is CCC1C=CCCC2(CC3CCC4C(C(=O)OCCCCCCCCCCCCCCCC(=O)C(CCCN)CCCCN)C5(CCCC(C)O5)NC(N2)N34)O1. The van der Waals surface area contributed by atoms with Gasteiger partial charge in [-0.15, -0.1) is 0 Å². The Morgan fingerprint density at radius 2 is 1.50 bits per heavy atom. The van der Waals surface area contributed by atoms with Gasteiger partial charge in [-0.25, -0.2) is 0 Å². The van der Waals surface area contributed by atoms with E-state index in [4.69, 9.17) is 25.7 Å². The molecule has 2 spiro atoms. The maximum atomic E-state index is 14.1. The molecule has 0 aromatic carbocycles. The van der Waals surface area contributed by atoms with Crippen LogP contribution in [0.2, 0.25) is 0 Å². The highest BCUT2D eigenvalue weighted by molar-refractivity contribution is 5.80. The number of unbranched alkanes of at least 4 members (excludes halogenated alkanes) is 13. The van der Waals surface area contributed by atoms with Gasteiger partial charge in [0.05, 0.1) is 18.8 Å². The maximum Gasteiger partial charge on any atom is 0.314 e. The fourth-order valence-corrected chi connectivity index (χ4v) is 10.8. The number of esters is 1. The third kappa shape index (κ3) is 13.0. The minimum atomic E-state index is -0.715. The van der Waals surface area contributed by atoms with Crippen molar-refractivity contribution >= 4 is 11.8 Å². The molecule has 0 bridgehead atoms. The van der Waals surface area contributed by atoms with Gasteiger partial charge < -0.3 is 25.7 Å². The summed E-state index contributed by atoms with van der Waals surface area (Å²) in [7, 11) is 0. The Morgan fingerprint density at radius 3 is 2.18 bits per heavy atom. The average molecular weight is 786 g/mol. The highest BCUT2D eigenvalue weighted by Crippen LogP contribution is 2.49. The normalized spacial score (nSPS) is 32.1. The number of rotatable bonds is 26. The minimum Gasteiger partial charge on any atom is -0.465 e. The van der Waals surface area contributed by atoms with Crippen LogP contribution < -0.4 is 22.1 Å². The highest BCUT2D eigenvalue weighted by atomic mass is 16.6. The van der Waals surface area contributed by atoms with Crippen molar-refractivity contribution in [2.45, 2.75) is 236 Å². The van der Waals surface area contributed by atoms with E-state index in [1.165, 1.54) is 64.2 Å². The van der Waals surface area contributed by atoms with Crippen LogP contribution in [0, 0.1) is 11.8 Å². The van der Waals surface area contributed by atoms with E-state index >= 15 is 0 Å². The van der Waals surface area contributed by atoms with Crippen molar-refractivity contribution in [1.29, 1.82) is 0 Å². The van der Waals surface area contributed by atoms with Crippen LogP contribution >= 0.6 is 0 Å². The first kappa shape index (κ1) is 45.7. The van der Waals surface area contributed by atoms with Gasteiger partial charge in [0.1, 0.15) is 29.4 Å². The van der Waals surface area contributed by atoms with Gasteiger partial charge in [-0.05, 0) is 110 Å². The summed E-state index contributed by atoms with van der Waals surface area (Å²) in [5.74, 6) is 0.243. The Labute approximate surface area is 341 Å². The lowest BCUT2D eigenvalue weighted by molar-refractivity contribution is -0.255. The molecule has 10 heteroatoms. The van der Waals surface area contributed by atoms with Crippen molar-refractivity contribution in [3.05, 3.63) is 12.2 Å². The molecule has 4 fully saturated rings. The second kappa shape index (κ2) is 24.0. The Morgan fingerprint density at radius 1 is 0.821 bits per heavy atom. The van der Waals surface area contributed by atoms with E-state index in [1.807, 2.05) is 0 Å². The van der Waals surface area contributed by atoms with Crippen LogP contribution in [0.15, 0.2) is 12.2 Å². The molecule has 10 nitrogen and oxygen atoms in total. The molecule has 5 aliphatic heterocycles. The average Bonchev–Trinajstić information content (AvgIpc) is 3.49. The highest BCUT2D eigenvalue weighted by Gasteiger charge is 2.63. The lowest BCUT2D eigenvalue weighted by Gasteiger charge is -2.60. The Hall–Kier alpha value is -1.40. The van der Waals surface area contributed by atoms with Gasteiger partial charge in [0.2, 0.25) is 0 Å². The predicted molar refractivity (Wildman–Crippen MR) is 226 cm³/mol. The van der Waals surface area contributed by atoms with Crippen molar-refractivity contribution in [1.82, 2.24) is 15.5 Å². The molecule has 9 atom stereocenters. The topological polar surface area (TPSA) is 141 Å². The largest absolute Gasteiger partial charge is 0.465 e. The van der Waals surface area contributed by atoms with Crippen molar-refractivity contribution in [2.24, 2.45) is 23.3 Å². The third-order valence-electron chi connectivity index (χ3n) is 13.8. The molecule has 5 heterocycles. The molecule has 56 heavy (non-hydrogen) atoms. The van der Waals surface area contributed by atoms with Crippen molar-refractivity contribution in [3.63, 3.8) is 0 Å². The van der Waals surface area contributed by atoms with Crippen molar-refractivity contribution in [3.8, 4) is 0 Å². The first-order chi connectivity index (χ1) is 27.3. The summed E-state index contributed by atoms with van der Waals surface area (Å²) in [5.41, 5.74) is 10.3. The summed E-state index contributed by atoms with van der Waals surface area (Å²) in [6.45, 7) is 6.23. The molecule has 4 saturated heterocycles. The molecule has 0 aliphatic carbocycles. The van der Waals surface area contributed by atoms with Crippen LogP contribution in [-0.2, 0) is 23.8 Å². The zero-order chi connectivity index (χ0) is 39.6. The van der Waals surface area contributed by atoms with E-state index < -0.39 is 5.72 Å². The zero-order valence-corrected chi connectivity index (χ0v) is 35.8. The molecule has 0 amide bonds. The molecule has 322 valence electrons. The fourth-order valence-electron chi connectivity index (χ4n) is 10.8. The second-order valence-corrected chi connectivity index (χ2v) is 18.2. The summed E-state index contributed by atoms with van der Waals surface area (Å²) < 4.78 is 19.8. The number of ketones is 1. The fraction of sp³-hybridized carbons (Fsp3) is 0.913. The monoisotopic (exact) mass is 786 g/mol. The molecule has 0 saturated carbocycles. The Bertz CT molecular complexity index is 1190. The Kier molecular flexibility index (Phi) is 19.6. The van der Waals surface area contributed by atoms with E-state index in [2.05, 4.69) is 41.5 Å². The van der Waals surface area contributed by atoms with Gasteiger partial charge in [0.25, 0.3) is 0 Å². The van der Waals surface area contributed by atoms with Gasteiger partial charge in [0.15, 0.2) is 0 Å². The lowest BCUT2D eigenvalue weighted by atomic mass is 9.79. The number of Topliss-reactive ketones (excluding diaryl/α,β-unsaturated/α-hetero) is 1. The number of nitrogens with zero attached hydrogens (tertiary/aromatic N) is 1. The smallest absolute Gasteiger partial charge is 0.314 e. The second-order valence-electron chi connectivity index (χ2n) is 18.2. The van der Waals surface area contributed by atoms with E-state index in [0.717, 1.165) is 116 Å². The molecule has 0 aromatic heterocycles. The van der Waals surface area contributed by atoms with E-state index in [-0.39, 0.29) is 48.1 Å². The molecular weight excluding hydrogens is 703 g/mol. The number of carbonyl (C=O) groups excluding carboxylic acids is 2. The molecule has 9 unspecified atom stereocenters. The number of nitrogens with two attached hydrogens (primary N) is 2. The van der Waals surface area contributed by atoms with Crippen LogP contribution in [0.1, 0.15) is 194 Å². The molecule has 6 N–H and O–H groups in total. The number of nitrogens with one attached hydrogen (secondary N) is 2. The van der Waals surface area contributed by atoms with Gasteiger partial charge >= 0.3 is 5.97 Å². The van der Waals surface area contributed by atoms with Gasteiger partial charge in [-0.1, -0.05) is 96.1 Å². The van der Waals surface area contributed by atoms with Crippen LogP contribution in [0.4, 0.5) is 0 Å². The summed E-state index contributed by atoms with van der Waals surface area (Å²) >= 11 is 0. The van der Waals surface area contributed by atoms with Crippen molar-refractivity contribution in [2.75, 3.05) is 19.7 Å². The number of hydrogen-bond acceptors (Lipinski definition) is 10. The van der Waals surface area contributed by atoms with E-state index in [1.54, 1.807) is 0 Å². The standard InChI is InChI=1S/C46H83N5O5/c1-3-39-26-16-18-30-45(56-39)35-38-28-29-40-42(46(31-21-23-36(2)55-46)50-44(49-45)51(38)40)43(53)54-34-20-14-12-10-8-6-4-5-7-9-11-13-15-27-41(52)37(25-22-33-48)24-17-19-32-47/h16,26,36-40,42,44,49-50H,3-15,17-25,27-35,47-48H2,1-2H3. The molecule has 5 rings (SSSR count). The summed E-state index contributed by atoms with van der Waals surface area (Å²) in [4.78, 5) is 29.4.